The molecule has 7 nitrogen and oxygen atoms in total. The number of benzene rings is 2. The number of hydrogen-bond donors (Lipinski definition) is 2. The number of nitrogen functional groups attached to an aromatic ring is 1. The molecule has 1 aliphatic rings. The number of rotatable bonds is 11. The number of ether oxygens (including phenoxy) is 1. The third kappa shape index (κ3) is 7.20. The predicted molar refractivity (Wildman–Crippen MR) is 150 cm³/mol. The topological polar surface area (TPSA) is 103 Å². The lowest BCUT2D eigenvalue weighted by atomic mass is 10.0. The quantitative estimate of drug-likeness (QED) is 0.271. The zero-order chi connectivity index (χ0) is 27.9. The monoisotopic (exact) mass is 533 g/mol. The average Bonchev–Trinajstić information content (AvgIpc) is 3.41. The summed E-state index contributed by atoms with van der Waals surface area (Å²) in [6.45, 7) is 4.71. The number of nitrogens with zero attached hydrogens (tertiary/aromatic N) is 1. The highest BCUT2D eigenvalue weighted by molar-refractivity contribution is 6.11. The van der Waals surface area contributed by atoms with Gasteiger partial charge < -0.3 is 15.8 Å². The van der Waals surface area contributed by atoms with E-state index in [1.165, 1.54) is 41.0 Å². The highest BCUT2D eigenvalue weighted by atomic mass is 19.1. The SMILES string of the molecule is CC(C)C[C@@H](NCCc1cccc(-n2c(N)c(C(=O)c3ccc(F)cc3)ccc2=O)c1)C(=O)OC1CCCC1. The van der Waals surface area contributed by atoms with Gasteiger partial charge in [-0.15, -0.1) is 0 Å². The van der Waals surface area contributed by atoms with Crippen LogP contribution in [-0.4, -0.2) is 35.0 Å². The zero-order valence-corrected chi connectivity index (χ0v) is 22.5. The number of ketones is 1. The van der Waals surface area contributed by atoms with E-state index in [1.807, 2.05) is 18.2 Å². The molecule has 0 unspecified atom stereocenters. The molecule has 3 N–H and O–H groups in total. The number of nitrogens with two attached hydrogens (primary N) is 1. The Morgan fingerprint density at radius 3 is 2.49 bits per heavy atom. The van der Waals surface area contributed by atoms with Crippen molar-refractivity contribution in [1.82, 2.24) is 9.88 Å². The van der Waals surface area contributed by atoms with Crippen molar-refractivity contribution in [2.24, 2.45) is 5.92 Å². The van der Waals surface area contributed by atoms with E-state index in [0.717, 1.165) is 31.2 Å². The van der Waals surface area contributed by atoms with Gasteiger partial charge in [0.15, 0.2) is 5.78 Å². The first-order chi connectivity index (χ1) is 18.7. The van der Waals surface area contributed by atoms with Crippen molar-refractivity contribution in [1.29, 1.82) is 0 Å². The molecule has 0 spiro atoms. The Hall–Kier alpha value is -3.78. The lowest BCUT2D eigenvalue weighted by Crippen LogP contribution is -2.41. The predicted octanol–water partition coefficient (Wildman–Crippen LogP) is 4.82. The van der Waals surface area contributed by atoms with Gasteiger partial charge in [-0.05, 0) is 99.0 Å². The van der Waals surface area contributed by atoms with E-state index >= 15 is 0 Å². The second-order valence-corrected chi connectivity index (χ2v) is 10.5. The molecular weight excluding hydrogens is 497 g/mol. The molecule has 2 aromatic carbocycles. The molecular formula is C31H36FN3O4. The van der Waals surface area contributed by atoms with Gasteiger partial charge >= 0.3 is 5.97 Å². The first-order valence-electron chi connectivity index (χ1n) is 13.6. The van der Waals surface area contributed by atoms with E-state index < -0.39 is 11.6 Å². The fourth-order valence-corrected chi connectivity index (χ4v) is 5.00. The van der Waals surface area contributed by atoms with Crippen LogP contribution in [0.5, 0.6) is 0 Å². The first kappa shape index (κ1) is 28.2. The average molecular weight is 534 g/mol. The van der Waals surface area contributed by atoms with Crippen LogP contribution in [0.2, 0.25) is 0 Å². The third-order valence-corrected chi connectivity index (χ3v) is 7.03. The van der Waals surface area contributed by atoms with Crippen LogP contribution in [0, 0.1) is 11.7 Å². The molecule has 1 aromatic heterocycles. The Kier molecular flexibility index (Phi) is 9.30. The molecule has 0 radical (unpaired) electrons. The van der Waals surface area contributed by atoms with E-state index in [0.29, 0.717) is 31.0 Å². The van der Waals surface area contributed by atoms with Crippen molar-refractivity contribution in [3.8, 4) is 5.69 Å². The minimum Gasteiger partial charge on any atom is -0.461 e. The van der Waals surface area contributed by atoms with Gasteiger partial charge in [0, 0.05) is 11.6 Å². The molecule has 8 heteroatoms. The summed E-state index contributed by atoms with van der Waals surface area (Å²) in [7, 11) is 0. The van der Waals surface area contributed by atoms with Crippen molar-refractivity contribution in [2.45, 2.75) is 64.5 Å². The van der Waals surface area contributed by atoms with Gasteiger partial charge in [0.25, 0.3) is 5.56 Å². The van der Waals surface area contributed by atoms with Crippen LogP contribution in [0.25, 0.3) is 5.69 Å². The molecule has 206 valence electrons. The van der Waals surface area contributed by atoms with Gasteiger partial charge in [-0.1, -0.05) is 26.0 Å². The molecule has 1 aliphatic carbocycles. The fraction of sp³-hybridized carbons (Fsp3) is 0.387. The van der Waals surface area contributed by atoms with Gasteiger partial charge in [-0.25, -0.2) is 4.39 Å². The smallest absolute Gasteiger partial charge is 0.323 e. The number of carbonyl (C=O) groups is 2. The van der Waals surface area contributed by atoms with Crippen LogP contribution >= 0.6 is 0 Å². The number of aromatic nitrogens is 1. The highest BCUT2D eigenvalue weighted by Crippen LogP contribution is 2.23. The summed E-state index contributed by atoms with van der Waals surface area (Å²) in [4.78, 5) is 38.6. The number of pyridine rings is 1. The Morgan fingerprint density at radius 2 is 1.79 bits per heavy atom. The van der Waals surface area contributed by atoms with Crippen LogP contribution in [0.4, 0.5) is 10.2 Å². The van der Waals surface area contributed by atoms with Gasteiger partial charge in [0.05, 0.1) is 11.3 Å². The van der Waals surface area contributed by atoms with Crippen LogP contribution in [0.3, 0.4) is 0 Å². The Morgan fingerprint density at radius 1 is 1.08 bits per heavy atom. The summed E-state index contributed by atoms with van der Waals surface area (Å²) >= 11 is 0. The largest absolute Gasteiger partial charge is 0.461 e. The molecule has 39 heavy (non-hydrogen) atoms. The number of nitrogens with one attached hydrogen (secondary N) is 1. The molecule has 0 aliphatic heterocycles. The van der Waals surface area contributed by atoms with Crippen LogP contribution in [0.15, 0.2) is 65.5 Å². The number of halogens is 1. The lowest BCUT2D eigenvalue weighted by molar-refractivity contribution is -0.151. The number of anilines is 1. The summed E-state index contributed by atoms with van der Waals surface area (Å²) in [5.74, 6) is -0.689. The van der Waals surface area contributed by atoms with Gasteiger partial charge in [-0.3, -0.25) is 19.0 Å². The van der Waals surface area contributed by atoms with Crippen molar-refractivity contribution >= 4 is 17.6 Å². The Balaban J connectivity index is 1.48. The second-order valence-electron chi connectivity index (χ2n) is 10.5. The fourth-order valence-electron chi connectivity index (χ4n) is 5.00. The van der Waals surface area contributed by atoms with E-state index in [1.54, 1.807) is 6.07 Å². The molecule has 1 atom stereocenters. The first-order valence-corrected chi connectivity index (χ1v) is 13.6. The summed E-state index contributed by atoms with van der Waals surface area (Å²) in [6, 6.07) is 14.9. The van der Waals surface area contributed by atoms with Crippen LogP contribution < -0.4 is 16.6 Å². The molecule has 0 amide bonds. The van der Waals surface area contributed by atoms with E-state index in [-0.39, 0.29) is 40.6 Å². The van der Waals surface area contributed by atoms with E-state index in [4.69, 9.17) is 10.5 Å². The standard InChI is InChI=1S/C31H36FN3O4/c1-20(2)18-27(31(38)39-25-8-3-4-9-25)34-17-16-21-6-5-7-24(19-21)35-28(36)15-14-26(30(35)33)29(37)22-10-12-23(32)13-11-22/h5-7,10-15,19-20,25,27,34H,3-4,8-9,16-18,33H2,1-2H3/t27-/m1/s1. The Labute approximate surface area is 228 Å². The Bertz CT molecular complexity index is 1360. The molecule has 1 saturated carbocycles. The van der Waals surface area contributed by atoms with Crippen LogP contribution in [0.1, 0.15) is 67.4 Å². The molecule has 1 heterocycles. The minimum atomic E-state index is -0.447. The van der Waals surface area contributed by atoms with Gasteiger partial charge in [0.1, 0.15) is 23.8 Å². The lowest BCUT2D eigenvalue weighted by Gasteiger charge is -2.22. The summed E-state index contributed by atoms with van der Waals surface area (Å²) in [5, 5.41) is 3.36. The normalized spacial score (nSPS) is 14.5. The van der Waals surface area contributed by atoms with Crippen molar-refractivity contribution < 1.29 is 18.7 Å². The summed E-state index contributed by atoms with van der Waals surface area (Å²) in [6.07, 6.45) is 5.41. The maximum atomic E-state index is 13.3. The van der Waals surface area contributed by atoms with Crippen molar-refractivity contribution in [3.63, 3.8) is 0 Å². The van der Waals surface area contributed by atoms with E-state index in [9.17, 15) is 18.8 Å². The second kappa shape index (κ2) is 12.8. The molecule has 0 bridgehead atoms. The third-order valence-electron chi connectivity index (χ3n) is 7.03. The molecule has 3 aromatic rings. The maximum Gasteiger partial charge on any atom is 0.323 e. The van der Waals surface area contributed by atoms with Crippen LogP contribution in [-0.2, 0) is 16.0 Å². The number of hydrogen-bond acceptors (Lipinski definition) is 6. The number of carbonyl (C=O) groups excluding carboxylic acids is 2. The molecule has 1 fully saturated rings. The molecule has 0 saturated heterocycles. The number of esters is 1. The van der Waals surface area contributed by atoms with E-state index in [2.05, 4.69) is 19.2 Å². The maximum absolute atomic E-state index is 13.3. The van der Waals surface area contributed by atoms with Crippen molar-refractivity contribution in [2.75, 3.05) is 12.3 Å². The van der Waals surface area contributed by atoms with Gasteiger partial charge in [-0.2, -0.15) is 0 Å². The van der Waals surface area contributed by atoms with Gasteiger partial charge in [0.2, 0.25) is 0 Å². The summed E-state index contributed by atoms with van der Waals surface area (Å²) in [5.41, 5.74) is 7.86. The molecule has 4 rings (SSSR count). The minimum absolute atomic E-state index is 0.0127. The highest BCUT2D eigenvalue weighted by Gasteiger charge is 2.26. The van der Waals surface area contributed by atoms with Crippen molar-refractivity contribution in [3.05, 3.63) is 93.5 Å². The zero-order valence-electron chi connectivity index (χ0n) is 22.5. The summed E-state index contributed by atoms with van der Waals surface area (Å²) < 4.78 is 20.4.